The van der Waals surface area contributed by atoms with E-state index in [9.17, 15) is 4.79 Å². The number of hydrogen-bond donors (Lipinski definition) is 1. The topological polar surface area (TPSA) is 67.8 Å². The van der Waals surface area contributed by atoms with Gasteiger partial charge in [-0.05, 0) is 23.9 Å². The van der Waals surface area contributed by atoms with E-state index in [-0.39, 0.29) is 5.91 Å². The molecule has 0 saturated heterocycles. The third kappa shape index (κ3) is 4.44. The molecule has 0 atom stereocenters. The Morgan fingerprint density at radius 1 is 1.11 bits per heavy atom. The number of carbonyl (C=O) groups is 1. The van der Waals surface area contributed by atoms with Crippen LogP contribution in [-0.4, -0.2) is 21.1 Å². The molecule has 0 aliphatic carbocycles. The molecule has 4 rings (SSSR count). The SMILES string of the molecule is Cc1nc(-c2cccs2)sc1C(=O)Nc1nnc(SCc2ccccc2)s1. The van der Waals surface area contributed by atoms with Crippen LogP contribution in [0.4, 0.5) is 5.13 Å². The number of amides is 1. The maximum Gasteiger partial charge on any atom is 0.269 e. The van der Waals surface area contributed by atoms with Crippen LogP contribution in [0.3, 0.4) is 0 Å². The van der Waals surface area contributed by atoms with Crippen LogP contribution in [0, 0.1) is 6.92 Å². The maximum absolute atomic E-state index is 12.6. The largest absolute Gasteiger partial charge is 0.296 e. The van der Waals surface area contributed by atoms with Gasteiger partial charge in [0.1, 0.15) is 9.88 Å². The monoisotopic (exact) mass is 430 g/mol. The molecule has 27 heavy (non-hydrogen) atoms. The molecule has 0 radical (unpaired) electrons. The van der Waals surface area contributed by atoms with Crippen molar-refractivity contribution in [2.75, 3.05) is 5.32 Å². The lowest BCUT2D eigenvalue weighted by Crippen LogP contribution is -2.11. The molecule has 0 unspecified atom stereocenters. The highest BCUT2D eigenvalue weighted by molar-refractivity contribution is 8.00. The zero-order valence-corrected chi connectivity index (χ0v) is 17.5. The van der Waals surface area contributed by atoms with Crippen LogP contribution in [0.1, 0.15) is 20.9 Å². The van der Waals surface area contributed by atoms with Gasteiger partial charge in [-0.1, -0.05) is 59.5 Å². The van der Waals surface area contributed by atoms with Crippen molar-refractivity contribution in [2.45, 2.75) is 17.0 Å². The third-order valence-corrected chi connectivity index (χ3v) is 7.81. The number of carbonyl (C=O) groups excluding carboxylic acids is 1. The summed E-state index contributed by atoms with van der Waals surface area (Å²) < 4.78 is 0.828. The summed E-state index contributed by atoms with van der Waals surface area (Å²) in [4.78, 5) is 18.8. The molecule has 3 aromatic heterocycles. The van der Waals surface area contributed by atoms with E-state index < -0.39 is 0 Å². The van der Waals surface area contributed by atoms with Crippen LogP contribution in [0.25, 0.3) is 9.88 Å². The number of aromatic nitrogens is 3. The van der Waals surface area contributed by atoms with Gasteiger partial charge in [0.15, 0.2) is 4.34 Å². The van der Waals surface area contributed by atoms with Crippen molar-refractivity contribution in [1.82, 2.24) is 15.2 Å². The quantitative estimate of drug-likeness (QED) is 0.320. The van der Waals surface area contributed by atoms with Crippen molar-refractivity contribution in [3.05, 3.63) is 64.0 Å². The Labute approximate surface area is 172 Å². The fraction of sp³-hybridized carbons (Fsp3) is 0.111. The summed E-state index contributed by atoms with van der Waals surface area (Å²) in [6.45, 7) is 1.85. The number of benzene rings is 1. The third-order valence-electron chi connectivity index (χ3n) is 3.57. The number of anilines is 1. The van der Waals surface area contributed by atoms with Crippen LogP contribution >= 0.6 is 45.8 Å². The number of hydrogen-bond acceptors (Lipinski definition) is 8. The number of rotatable bonds is 6. The lowest BCUT2D eigenvalue weighted by molar-refractivity contribution is 0.102. The Hall–Kier alpha value is -2.07. The molecular weight excluding hydrogens is 416 g/mol. The van der Waals surface area contributed by atoms with Gasteiger partial charge in [0.2, 0.25) is 5.13 Å². The number of thiophene rings is 1. The van der Waals surface area contributed by atoms with Crippen LogP contribution in [-0.2, 0) is 5.75 Å². The lowest BCUT2D eigenvalue weighted by atomic mass is 10.2. The number of nitrogens with one attached hydrogen (secondary N) is 1. The first kappa shape index (κ1) is 18.3. The highest BCUT2D eigenvalue weighted by Gasteiger charge is 2.18. The van der Waals surface area contributed by atoms with E-state index in [1.807, 2.05) is 42.6 Å². The highest BCUT2D eigenvalue weighted by Crippen LogP contribution is 2.32. The van der Waals surface area contributed by atoms with Gasteiger partial charge in [0, 0.05) is 5.75 Å². The molecule has 0 spiro atoms. The van der Waals surface area contributed by atoms with Crippen LogP contribution in [0.2, 0.25) is 0 Å². The fourth-order valence-corrected chi connectivity index (χ4v) is 5.77. The Morgan fingerprint density at radius 3 is 2.74 bits per heavy atom. The Morgan fingerprint density at radius 2 is 1.96 bits per heavy atom. The van der Waals surface area contributed by atoms with Gasteiger partial charge in [-0.3, -0.25) is 10.1 Å². The van der Waals surface area contributed by atoms with E-state index in [4.69, 9.17) is 0 Å². The van der Waals surface area contributed by atoms with E-state index in [1.165, 1.54) is 28.2 Å². The predicted molar refractivity (Wildman–Crippen MR) is 114 cm³/mol. The zero-order valence-electron chi connectivity index (χ0n) is 14.2. The minimum Gasteiger partial charge on any atom is -0.296 e. The van der Waals surface area contributed by atoms with Crippen molar-refractivity contribution < 1.29 is 4.79 Å². The molecule has 1 amide bonds. The van der Waals surface area contributed by atoms with Gasteiger partial charge in [-0.15, -0.1) is 32.9 Å². The summed E-state index contributed by atoms with van der Waals surface area (Å²) in [5.74, 6) is 0.630. The first-order chi connectivity index (χ1) is 13.2. The average Bonchev–Trinajstić information content (AvgIpc) is 3.41. The van der Waals surface area contributed by atoms with Gasteiger partial charge in [0.25, 0.3) is 5.91 Å². The number of thioether (sulfide) groups is 1. The Bertz CT molecular complexity index is 1040. The normalized spacial score (nSPS) is 10.9. The second-order valence-electron chi connectivity index (χ2n) is 5.51. The lowest BCUT2D eigenvalue weighted by Gasteiger charge is -1.98. The number of nitrogens with zero attached hydrogens (tertiary/aromatic N) is 3. The molecule has 0 saturated carbocycles. The maximum atomic E-state index is 12.6. The molecule has 1 aromatic carbocycles. The van der Waals surface area contributed by atoms with Crippen molar-refractivity contribution in [2.24, 2.45) is 0 Å². The van der Waals surface area contributed by atoms with Gasteiger partial charge in [0.05, 0.1) is 10.6 Å². The molecule has 4 aromatic rings. The van der Waals surface area contributed by atoms with Crippen molar-refractivity contribution in [3.8, 4) is 9.88 Å². The molecule has 1 N–H and O–H groups in total. The summed E-state index contributed by atoms with van der Waals surface area (Å²) >= 11 is 6.00. The summed E-state index contributed by atoms with van der Waals surface area (Å²) in [6, 6.07) is 14.2. The molecule has 0 aliphatic heterocycles. The fourth-order valence-electron chi connectivity index (χ4n) is 2.30. The molecule has 9 heteroatoms. The Balaban J connectivity index is 1.41. The van der Waals surface area contributed by atoms with Crippen molar-refractivity contribution in [3.63, 3.8) is 0 Å². The molecule has 3 heterocycles. The molecule has 0 bridgehead atoms. The van der Waals surface area contributed by atoms with Crippen LogP contribution < -0.4 is 5.32 Å². The summed E-state index contributed by atoms with van der Waals surface area (Å²) in [6.07, 6.45) is 0. The van der Waals surface area contributed by atoms with E-state index in [2.05, 4.69) is 32.6 Å². The standard InChI is InChI=1S/C18H14N4OS4/c1-11-14(26-16(19-11)13-8-5-9-24-13)15(23)20-17-21-22-18(27-17)25-10-12-6-3-2-4-7-12/h2-9H,10H2,1H3,(H,20,21,23). The van der Waals surface area contributed by atoms with E-state index in [0.717, 1.165) is 25.7 Å². The number of thiazole rings is 1. The average molecular weight is 431 g/mol. The Kier molecular flexibility index (Phi) is 5.63. The first-order valence-corrected chi connectivity index (χ1v) is 11.5. The van der Waals surface area contributed by atoms with Gasteiger partial charge < -0.3 is 0 Å². The van der Waals surface area contributed by atoms with Crippen LogP contribution in [0.5, 0.6) is 0 Å². The molecule has 136 valence electrons. The predicted octanol–water partition coefficient (Wildman–Crippen LogP) is 5.58. The molecule has 0 aliphatic rings. The van der Waals surface area contributed by atoms with E-state index >= 15 is 0 Å². The van der Waals surface area contributed by atoms with Gasteiger partial charge in [-0.2, -0.15) is 0 Å². The number of aryl methyl sites for hydroxylation is 1. The minimum atomic E-state index is -0.191. The van der Waals surface area contributed by atoms with Crippen molar-refractivity contribution >= 4 is 56.8 Å². The minimum absolute atomic E-state index is 0.191. The summed E-state index contributed by atoms with van der Waals surface area (Å²) in [5, 5.41) is 14.4. The summed E-state index contributed by atoms with van der Waals surface area (Å²) in [5.41, 5.74) is 1.95. The summed E-state index contributed by atoms with van der Waals surface area (Å²) in [7, 11) is 0. The van der Waals surface area contributed by atoms with Crippen molar-refractivity contribution in [1.29, 1.82) is 0 Å². The van der Waals surface area contributed by atoms with Gasteiger partial charge in [-0.25, -0.2) is 4.98 Å². The second kappa shape index (κ2) is 8.30. The molecule has 5 nitrogen and oxygen atoms in total. The first-order valence-electron chi connectivity index (χ1n) is 8.02. The van der Waals surface area contributed by atoms with E-state index in [1.54, 1.807) is 23.1 Å². The molecular formula is C18H14N4OS4. The van der Waals surface area contributed by atoms with Crippen LogP contribution in [0.15, 0.2) is 52.2 Å². The van der Waals surface area contributed by atoms with E-state index in [0.29, 0.717) is 10.0 Å². The highest BCUT2D eigenvalue weighted by atomic mass is 32.2. The molecule has 0 fully saturated rings. The smallest absolute Gasteiger partial charge is 0.269 e. The van der Waals surface area contributed by atoms with Gasteiger partial charge >= 0.3 is 0 Å². The zero-order chi connectivity index (χ0) is 18.6. The second-order valence-corrected chi connectivity index (χ2v) is 9.66.